The summed E-state index contributed by atoms with van der Waals surface area (Å²) in [6.07, 6.45) is 23.3. The van der Waals surface area contributed by atoms with Gasteiger partial charge in [-0.15, -0.1) is 0 Å². The van der Waals surface area contributed by atoms with Crippen molar-refractivity contribution in [2.24, 2.45) is 0 Å². The van der Waals surface area contributed by atoms with Crippen LogP contribution < -0.4 is 5.32 Å². The van der Waals surface area contributed by atoms with E-state index >= 15 is 0 Å². The predicted octanol–water partition coefficient (Wildman–Crippen LogP) is 6.87. The number of nitrogens with one attached hydrogen (secondary N) is 1. The van der Waals surface area contributed by atoms with Gasteiger partial charge in [-0.3, -0.25) is 4.79 Å². The zero-order valence-corrected chi connectivity index (χ0v) is 19.3. The fourth-order valence-corrected chi connectivity index (χ4v) is 3.68. The van der Waals surface area contributed by atoms with Crippen molar-refractivity contribution >= 4 is 5.91 Å². The number of nitrogens with zero attached hydrogens (tertiary/aromatic N) is 1. The minimum atomic E-state index is -0.0564. The Labute approximate surface area is 176 Å². The molecule has 0 saturated carbocycles. The highest BCUT2D eigenvalue weighted by atomic mass is 16.1. The number of carbonyl (C=O) groups excluding carboxylic acids is 1. The van der Waals surface area contributed by atoms with Gasteiger partial charge in [0.25, 0.3) is 0 Å². The van der Waals surface area contributed by atoms with Crippen LogP contribution in [0.2, 0.25) is 0 Å². The summed E-state index contributed by atoms with van der Waals surface area (Å²) < 4.78 is 0. The second kappa shape index (κ2) is 22.5. The second-order valence-electron chi connectivity index (χ2n) is 8.29. The van der Waals surface area contributed by atoms with Gasteiger partial charge in [-0.2, -0.15) is 0 Å². The van der Waals surface area contributed by atoms with E-state index in [9.17, 15) is 4.79 Å². The summed E-state index contributed by atoms with van der Waals surface area (Å²) in [5.41, 5.74) is 0. The molecule has 0 heterocycles. The third-order valence-corrected chi connectivity index (χ3v) is 5.57. The predicted molar refractivity (Wildman–Crippen MR) is 125 cm³/mol. The molecule has 0 spiro atoms. The summed E-state index contributed by atoms with van der Waals surface area (Å²) in [6, 6.07) is 0. The summed E-state index contributed by atoms with van der Waals surface area (Å²) in [5.74, 6) is -0.0564. The molecule has 0 bridgehead atoms. The van der Waals surface area contributed by atoms with Gasteiger partial charge in [-0.05, 0) is 32.0 Å². The molecule has 28 heavy (non-hydrogen) atoms. The summed E-state index contributed by atoms with van der Waals surface area (Å²) in [5, 5.41) is 2.92. The van der Waals surface area contributed by atoms with Crippen molar-refractivity contribution in [2.75, 3.05) is 26.2 Å². The van der Waals surface area contributed by atoms with Crippen molar-refractivity contribution in [2.45, 2.75) is 117 Å². The largest absolute Gasteiger partial charge is 0.351 e. The van der Waals surface area contributed by atoms with Gasteiger partial charge in [0, 0.05) is 13.1 Å². The molecule has 0 fully saturated rings. The molecule has 0 aliphatic heterocycles. The lowest BCUT2D eigenvalue weighted by Crippen LogP contribution is -2.35. The molecule has 0 aromatic heterocycles. The molecule has 0 aromatic rings. The van der Waals surface area contributed by atoms with Gasteiger partial charge in [0.2, 0.25) is 5.91 Å². The normalized spacial score (nSPS) is 11.1. The quantitative estimate of drug-likeness (QED) is 0.160. The van der Waals surface area contributed by atoms with Gasteiger partial charge in [-0.1, -0.05) is 110 Å². The van der Waals surface area contributed by atoms with Crippen LogP contribution in [0.3, 0.4) is 0 Å². The van der Waals surface area contributed by atoms with Crippen LogP contribution >= 0.6 is 0 Å². The number of rotatable bonds is 22. The van der Waals surface area contributed by atoms with Gasteiger partial charge in [-0.25, -0.2) is 0 Å². The topological polar surface area (TPSA) is 32.3 Å². The van der Waals surface area contributed by atoms with Gasteiger partial charge < -0.3 is 10.2 Å². The molecule has 3 heteroatoms. The number of unbranched alkanes of at least 4 members (excludes halogenated alkanes) is 14. The van der Waals surface area contributed by atoms with Gasteiger partial charge in [0.1, 0.15) is 0 Å². The van der Waals surface area contributed by atoms with E-state index in [1.54, 1.807) is 0 Å². The van der Waals surface area contributed by atoms with Crippen LogP contribution in [0.5, 0.6) is 0 Å². The average Bonchev–Trinajstić information content (AvgIpc) is 2.71. The molecule has 1 N–H and O–H groups in total. The Bertz CT molecular complexity index is 323. The maximum atomic E-state index is 11.4. The van der Waals surface area contributed by atoms with Crippen molar-refractivity contribution in [3.05, 3.63) is 12.7 Å². The van der Waals surface area contributed by atoms with Crippen molar-refractivity contribution in [1.29, 1.82) is 0 Å². The third kappa shape index (κ3) is 19.9. The van der Waals surface area contributed by atoms with Crippen LogP contribution in [0.4, 0.5) is 0 Å². The number of hydrogen-bond donors (Lipinski definition) is 1. The van der Waals surface area contributed by atoms with Crippen LogP contribution in [0.15, 0.2) is 12.7 Å². The zero-order valence-electron chi connectivity index (χ0n) is 19.3. The maximum absolute atomic E-state index is 11.4. The Morgan fingerprint density at radius 3 is 1.46 bits per heavy atom. The highest BCUT2D eigenvalue weighted by Crippen LogP contribution is 2.11. The van der Waals surface area contributed by atoms with E-state index < -0.39 is 0 Å². The summed E-state index contributed by atoms with van der Waals surface area (Å²) in [4.78, 5) is 13.9. The van der Waals surface area contributed by atoms with Crippen LogP contribution in [-0.2, 0) is 4.79 Å². The molecule has 1 amide bonds. The molecule has 0 atom stereocenters. The molecule has 3 nitrogen and oxygen atoms in total. The molecule has 0 unspecified atom stereocenters. The Balaban J connectivity index is 3.84. The molecule has 0 saturated heterocycles. The minimum Gasteiger partial charge on any atom is -0.351 e. The van der Waals surface area contributed by atoms with Crippen LogP contribution in [0.1, 0.15) is 117 Å². The minimum absolute atomic E-state index is 0.0564. The van der Waals surface area contributed by atoms with Gasteiger partial charge in [0.15, 0.2) is 0 Å². The summed E-state index contributed by atoms with van der Waals surface area (Å²) in [6.45, 7) is 12.1. The molecule has 0 rings (SSSR count). The van der Waals surface area contributed by atoms with E-state index in [-0.39, 0.29) is 5.91 Å². The standard InChI is InChI=1S/C25H50N2O/c1-4-7-9-11-13-15-17-19-22-27(24-21-26-25(28)6-3)23-20-18-16-14-12-10-8-5-2/h6H,3-5,7-24H2,1-2H3,(H,26,28). The highest BCUT2D eigenvalue weighted by molar-refractivity contribution is 5.86. The fourth-order valence-electron chi connectivity index (χ4n) is 3.68. The van der Waals surface area contributed by atoms with Gasteiger partial charge >= 0.3 is 0 Å². The van der Waals surface area contributed by atoms with Crippen LogP contribution in [0.25, 0.3) is 0 Å². The molecular weight excluding hydrogens is 344 g/mol. The SMILES string of the molecule is C=CC(=O)NCCN(CCCCCCCCCC)CCCCCCCCCC. The summed E-state index contributed by atoms with van der Waals surface area (Å²) in [7, 11) is 0. The number of amides is 1. The van der Waals surface area contributed by atoms with Crippen LogP contribution in [0, 0.1) is 0 Å². The smallest absolute Gasteiger partial charge is 0.243 e. The highest BCUT2D eigenvalue weighted by Gasteiger charge is 2.05. The lowest BCUT2D eigenvalue weighted by atomic mass is 10.1. The molecule has 166 valence electrons. The van der Waals surface area contributed by atoms with Crippen molar-refractivity contribution < 1.29 is 4.79 Å². The Morgan fingerprint density at radius 1 is 0.679 bits per heavy atom. The number of hydrogen-bond acceptors (Lipinski definition) is 2. The molecule has 0 aliphatic carbocycles. The number of carbonyl (C=O) groups is 1. The molecule has 0 aromatic carbocycles. The first-order chi connectivity index (χ1) is 13.7. The lowest BCUT2D eigenvalue weighted by Gasteiger charge is -2.22. The third-order valence-electron chi connectivity index (χ3n) is 5.57. The van der Waals surface area contributed by atoms with E-state index in [1.165, 1.54) is 122 Å². The Morgan fingerprint density at radius 2 is 1.07 bits per heavy atom. The van der Waals surface area contributed by atoms with E-state index in [4.69, 9.17) is 0 Å². The molecule has 0 radical (unpaired) electrons. The van der Waals surface area contributed by atoms with E-state index in [2.05, 4.69) is 30.6 Å². The first kappa shape index (κ1) is 27.2. The Kier molecular flexibility index (Phi) is 21.8. The lowest BCUT2D eigenvalue weighted by molar-refractivity contribution is -0.116. The van der Waals surface area contributed by atoms with E-state index in [0.717, 1.165) is 13.1 Å². The fraction of sp³-hybridized carbons (Fsp3) is 0.880. The Hall–Kier alpha value is -0.830. The van der Waals surface area contributed by atoms with Crippen LogP contribution in [-0.4, -0.2) is 37.0 Å². The summed E-state index contributed by atoms with van der Waals surface area (Å²) >= 11 is 0. The van der Waals surface area contributed by atoms with Gasteiger partial charge in [0.05, 0.1) is 0 Å². The van der Waals surface area contributed by atoms with Crippen molar-refractivity contribution in [1.82, 2.24) is 10.2 Å². The van der Waals surface area contributed by atoms with E-state index in [0.29, 0.717) is 0 Å². The first-order valence-electron chi connectivity index (χ1n) is 12.4. The maximum Gasteiger partial charge on any atom is 0.243 e. The second-order valence-corrected chi connectivity index (χ2v) is 8.29. The molecule has 0 aliphatic rings. The monoisotopic (exact) mass is 394 g/mol. The molecular formula is C25H50N2O. The van der Waals surface area contributed by atoms with Crippen molar-refractivity contribution in [3.8, 4) is 0 Å². The average molecular weight is 395 g/mol. The zero-order chi connectivity index (χ0) is 20.7. The van der Waals surface area contributed by atoms with Crippen molar-refractivity contribution in [3.63, 3.8) is 0 Å². The van der Waals surface area contributed by atoms with E-state index in [1.807, 2.05) is 0 Å². The first-order valence-corrected chi connectivity index (χ1v) is 12.4.